The molecule has 8 heteroatoms. The summed E-state index contributed by atoms with van der Waals surface area (Å²) in [5.41, 5.74) is -0.730. The van der Waals surface area contributed by atoms with Crippen molar-refractivity contribution in [2.45, 2.75) is 52.1 Å². The molecule has 3 unspecified atom stereocenters. The van der Waals surface area contributed by atoms with Crippen LogP contribution in [-0.4, -0.2) is 70.1 Å². The van der Waals surface area contributed by atoms with Gasteiger partial charge in [0, 0.05) is 42.3 Å². The van der Waals surface area contributed by atoms with Gasteiger partial charge < -0.3 is 25.5 Å². The molecule has 0 spiro atoms. The second-order valence-corrected chi connectivity index (χ2v) is 12.8. The number of aliphatic hydroxyl groups is 2. The molecule has 2 fully saturated rings. The predicted octanol–water partition coefficient (Wildman–Crippen LogP) is 4.97. The van der Waals surface area contributed by atoms with Crippen LogP contribution in [0.3, 0.4) is 0 Å². The number of phenolic OH excluding ortho intramolecular Hbond substituents is 1. The lowest BCUT2D eigenvalue weighted by molar-refractivity contribution is -0.133. The maximum Gasteiger partial charge on any atom is 0.189 e. The number of likely N-dealkylation sites (tertiary alicyclic amines) is 1. The molecular weight excluding hydrogens is 535 g/mol. The molecule has 2 saturated heterocycles. The Morgan fingerprint density at radius 1 is 1.14 bits per heavy atom. The first-order valence-electron chi connectivity index (χ1n) is 14.8. The van der Waals surface area contributed by atoms with E-state index in [9.17, 15) is 29.3 Å². The Labute approximate surface area is 246 Å². The number of nitrogens with one attached hydrogen (secondary N) is 1. The number of nitrogens with zero attached hydrogens (tertiary/aromatic N) is 1. The molecule has 4 N–H and O–H groups in total. The molecule has 0 bridgehead atoms. The maximum absolute atomic E-state index is 14.8. The second-order valence-electron chi connectivity index (χ2n) is 12.8. The third-order valence-corrected chi connectivity index (χ3v) is 9.08. The zero-order valence-corrected chi connectivity index (χ0v) is 24.6. The monoisotopic (exact) mass is 576 g/mol. The standard InChI is InChI=1S/C34H41FN2O5/c1-21-26(10-5-11-28(21)35)30-27(31(40)22-7-4-9-25(38)15-22)16-34(17-29(30)39,32(41)23-8-6-13-36-18-23)24-12-14-37(19-24)20-33(2,3)42/h4-5,7,9-11,15,17,23-24,36,38-39,42H,6,8,12-14,16,18-20H2,1-3H3. The van der Waals surface area contributed by atoms with Crippen LogP contribution in [0.2, 0.25) is 0 Å². The van der Waals surface area contributed by atoms with Crippen molar-refractivity contribution in [2.24, 2.45) is 17.3 Å². The van der Waals surface area contributed by atoms with E-state index in [0.29, 0.717) is 43.7 Å². The quantitative estimate of drug-likeness (QED) is 0.329. The van der Waals surface area contributed by atoms with Crippen LogP contribution in [0.1, 0.15) is 61.0 Å². The molecule has 0 aromatic heterocycles. The lowest BCUT2D eigenvalue weighted by Gasteiger charge is -2.42. The fourth-order valence-corrected chi connectivity index (χ4v) is 7.12. The number of ketones is 2. The topological polar surface area (TPSA) is 110 Å². The summed E-state index contributed by atoms with van der Waals surface area (Å²) < 4.78 is 14.8. The lowest BCUT2D eigenvalue weighted by Crippen LogP contribution is -2.48. The third kappa shape index (κ3) is 5.93. The van der Waals surface area contributed by atoms with E-state index in [2.05, 4.69) is 10.2 Å². The largest absolute Gasteiger partial charge is 0.508 e. The normalized spacial score (nSPS) is 25.4. The molecule has 2 aromatic carbocycles. The van der Waals surface area contributed by atoms with Crippen LogP contribution in [-0.2, 0) is 4.79 Å². The van der Waals surface area contributed by atoms with Gasteiger partial charge in [-0.2, -0.15) is 0 Å². The number of carbonyl (C=O) groups is 2. The van der Waals surface area contributed by atoms with Gasteiger partial charge in [0.05, 0.1) is 11.0 Å². The van der Waals surface area contributed by atoms with Crippen LogP contribution in [0.25, 0.3) is 5.57 Å². The smallest absolute Gasteiger partial charge is 0.189 e. The highest BCUT2D eigenvalue weighted by atomic mass is 19.1. The van der Waals surface area contributed by atoms with Gasteiger partial charge in [0.1, 0.15) is 23.1 Å². The number of hydrogen-bond donors (Lipinski definition) is 4. The molecule has 0 saturated carbocycles. The van der Waals surface area contributed by atoms with E-state index in [-0.39, 0.29) is 52.3 Å². The molecule has 3 atom stereocenters. The van der Waals surface area contributed by atoms with Crippen molar-refractivity contribution in [2.75, 3.05) is 32.7 Å². The van der Waals surface area contributed by atoms with Crippen molar-refractivity contribution in [1.82, 2.24) is 10.2 Å². The Balaban J connectivity index is 1.67. The molecule has 1 aliphatic carbocycles. The Kier molecular flexibility index (Phi) is 8.43. The highest BCUT2D eigenvalue weighted by Crippen LogP contribution is 2.51. The van der Waals surface area contributed by atoms with Crippen molar-refractivity contribution < 1.29 is 29.3 Å². The molecular formula is C34H41FN2O5. The van der Waals surface area contributed by atoms with E-state index < -0.39 is 22.6 Å². The molecule has 3 aliphatic rings. The third-order valence-electron chi connectivity index (χ3n) is 9.08. The maximum atomic E-state index is 14.8. The van der Waals surface area contributed by atoms with Crippen molar-refractivity contribution in [3.63, 3.8) is 0 Å². The van der Waals surface area contributed by atoms with Crippen molar-refractivity contribution in [1.29, 1.82) is 0 Å². The predicted molar refractivity (Wildman–Crippen MR) is 160 cm³/mol. The van der Waals surface area contributed by atoms with Gasteiger partial charge in [0.25, 0.3) is 0 Å². The van der Waals surface area contributed by atoms with E-state index in [1.165, 1.54) is 18.2 Å². The number of carbonyl (C=O) groups excluding carboxylic acids is 2. The number of hydrogen-bond acceptors (Lipinski definition) is 7. The van der Waals surface area contributed by atoms with Crippen LogP contribution in [0, 0.1) is 30.0 Å². The lowest BCUT2D eigenvalue weighted by atomic mass is 9.60. The average molecular weight is 577 g/mol. The molecule has 5 rings (SSSR count). The van der Waals surface area contributed by atoms with Crippen LogP contribution in [0.5, 0.6) is 5.75 Å². The molecule has 2 aromatic rings. The summed E-state index contributed by atoms with van der Waals surface area (Å²) >= 11 is 0. The minimum Gasteiger partial charge on any atom is -0.508 e. The summed E-state index contributed by atoms with van der Waals surface area (Å²) in [5, 5.41) is 35.8. The van der Waals surface area contributed by atoms with Gasteiger partial charge in [0.2, 0.25) is 0 Å². The highest BCUT2D eigenvalue weighted by molar-refractivity contribution is 6.16. The Morgan fingerprint density at radius 2 is 1.90 bits per heavy atom. The van der Waals surface area contributed by atoms with Gasteiger partial charge in [-0.25, -0.2) is 4.39 Å². The number of benzene rings is 2. The summed E-state index contributed by atoms with van der Waals surface area (Å²) in [4.78, 5) is 31.0. The van der Waals surface area contributed by atoms with Crippen LogP contribution >= 0.6 is 0 Å². The number of piperidine rings is 1. The van der Waals surface area contributed by atoms with Crippen LogP contribution < -0.4 is 5.32 Å². The fourth-order valence-electron chi connectivity index (χ4n) is 7.12. The number of aliphatic hydroxyl groups excluding tert-OH is 1. The zero-order chi connectivity index (χ0) is 30.2. The summed E-state index contributed by atoms with van der Waals surface area (Å²) in [6.45, 7) is 8.13. The van der Waals surface area contributed by atoms with Gasteiger partial charge in [0.15, 0.2) is 5.78 Å². The van der Waals surface area contributed by atoms with Crippen molar-refractivity contribution >= 4 is 17.1 Å². The summed E-state index contributed by atoms with van der Waals surface area (Å²) in [6, 6.07) is 10.6. The van der Waals surface area contributed by atoms with Gasteiger partial charge in [-0.1, -0.05) is 24.3 Å². The molecule has 2 aliphatic heterocycles. The minimum atomic E-state index is -1.17. The minimum absolute atomic E-state index is 0.00687. The molecule has 42 heavy (non-hydrogen) atoms. The number of aromatic hydroxyl groups is 1. The number of phenols is 1. The molecule has 0 amide bonds. The average Bonchev–Trinajstić information content (AvgIpc) is 3.41. The first kappa shape index (κ1) is 30.1. The van der Waals surface area contributed by atoms with Gasteiger partial charge in [-0.05, 0) is 101 Å². The van der Waals surface area contributed by atoms with E-state index >= 15 is 0 Å². The zero-order valence-electron chi connectivity index (χ0n) is 24.6. The molecule has 2 heterocycles. The Hall–Kier alpha value is -3.33. The van der Waals surface area contributed by atoms with Gasteiger partial charge in [-0.15, -0.1) is 0 Å². The highest BCUT2D eigenvalue weighted by Gasteiger charge is 2.52. The number of allylic oxidation sites excluding steroid dienone is 3. The summed E-state index contributed by atoms with van der Waals surface area (Å²) in [6.07, 6.45) is 3.93. The van der Waals surface area contributed by atoms with Crippen molar-refractivity contribution in [3.05, 3.63) is 82.4 Å². The first-order chi connectivity index (χ1) is 19.9. The van der Waals surface area contributed by atoms with Crippen molar-refractivity contribution in [3.8, 4) is 5.75 Å². The van der Waals surface area contributed by atoms with Gasteiger partial charge >= 0.3 is 0 Å². The Morgan fingerprint density at radius 3 is 2.60 bits per heavy atom. The second kappa shape index (κ2) is 11.7. The number of β-amino-alcohol motifs (C(OH)–C–C–N with tert-alkyl or cyclic N) is 1. The van der Waals surface area contributed by atoms with E-state index in [0.717, 1.165) is 19.4 Å². The first-order valence-corrected chi connectivity index (χ1v) is 14.8. The summed E-state index contributed by atoms with van der Waals surface area (Å²) in [5.74, 6) is -1.66. The number of rotatable bonds is 8. The summed E-state index contributed by atoms with van der Waals surface area (Å²) in [7, 11) is 0. The van der Waals surface area contributed by atoms with E-state index in [4.69, 9.17) is 0 Å². The SMILES string of the molecule is Cc1c(F)cccc1C1=C(C(=O)c2cccc(O)c2)CC(C(=O)C2CCCNC2)(C2CCN(CC(C)(C)O)C2)C=C1O. The Bertz CT molecular complexity index is 1440. The van der Waals surface area contributed by atoms with Gasteiger partial charge in [-0.3, -0.25) is 9.59 Å². The molecule has 224 valence electrons. The molecule has 7 nitrogen and oxygen atoms in total. The van der Waals surface area contributed by atoms with Crippen LogP contribution in [0.4, 0.5) is 4.39 Å². The fraction of sp³-hybridized carbons (Fsp3) is 0.471. The van der Waals surface area contributed by atoms with E-state index in [1.807, 2.05) is 0 Å². The van der Waals surface area contributed by atoms with E-state index in [1.54, 1.807) is 51.1 Å². The number of halogens is 1. The van der Waals surface area contributed by atoms with Crippen LogP contribution in [0.15, 0.2) is 59.9 Å². The molecule has 0 radical (unpaired) electrons. The number of Topliss-reactive ketones (excluding diaryl/α,β-unsaturated/α-hetero) is 2.